The molecule has 0 aliphatic rings. The number of hydrogen-bond donors (Lipinski definition) is 1. The number of anilines is 1. The zero-order valence-electron chi connectivity index (χ0n) is 8.08. The maximum Gasteiger partial charge on any atom is 0.310 e. The van der Waals surface area contributed by atoms with Gasteiger partial charge in [-0.05, 0) is 17.7 Å². The van der Waals surface area contributed by atoms with E-state index in [1.165, 1.54) is 13.2 Å². The monoisotopic (exact) mass is 224 g/mol. The fourth-order valence-corrected chi connectivity index (χ4v) is 1.37. The molecule has 0 aliphatic heterocycles. The summed E-state index contributed by atoms with van der Waals surface area (Å²) in [6, 6.07) is 4.92. The van der Waals surface area contributed by atoms with E-state index in [-0.39, 0.29) is 17.0 Å². The number of carbonyl (C=O) groups is 1. The molecule has 0 heterocycles. The van der Waals surface area contributed by atoms with E-state index in [1.807, 2.05) is 6.07 Å². The third-order valence-corrected chi connectivity index (χ3v) is 2.30. The molecule has 2 N–H and O–H groups in total. The van der Waals surface area contributed by atoms with E-state index < -0.39 is 5.97 Å². The molecule has 0 spiro atoms. The number of nitrogen functional groups attached to an aromatic ring is 1. The van der Waals surface area contributed by atoms with Gasteiger partial charge in [-0.15, -0.1) is 0 Å². The zero-order chi connectivity index (χ0) is 11.4. The molecule has 4 nitrogen and oxygen atoms in total. The summed E-state index contributed by atoms with van der Waals surface area (Å²) < 4.78 is 4.50. The number of methoxy groups -OCH3 is 1. The predicted molar refractivity (Wildman–Crippen MR) is 56.3 cm³/mol. The molecule has 1 aromatic rings. The standard InChI is InChI=1S/C10H9ClN2O2/c1-15-9(14)4-6-2-8(13)3-7(5-12)10(6)11/h2-3H,4,13H2,1H3. The van der Waals surface area contributed by atoms with Crippen LogP contribution in [0.5, 0.6) is 0 Å². The molecule has 0 radical (unpaired) electrons. The lowest BCUT2D eigenvalue weighted by molar-refractivity contribution is -0.139. The van der Waals surface area contributed by atoms with Crippen LogP contribution < -0.4 is 5.73 Å². The second-order valence-corrected chi connectivity index (χ2v) is 3.28. The number of hydrogen-bond acceptors (Lipinski definition) is 4. The fourth-order valence-electron chi connectivity index (χ4n) is 1.15. The van der Waals surface area contributed by atoms with Gasteiger partial charge in [0.15, 0.2) is 0 Å². The Labute approximate surface area is 92.2 Å². The Balaban J connectivity index is 3.13. The molecule has 1 aromatic carbocycles. The lowest BCUT2D eigenvalue weighted by Gasteiger charge is -2.05. The number of carbonyl (C=O) groups excluding carboxylic acids is 1. The fraction of sp³-hybridized carbons (Fsp3) is 0.200. The summed E-state index contributed by atoms with van der Waals surface area (Å²) in [5, 5.41) is 9.00. The van der Waals surface area contributed by atoms with Gasteiger partial charge in [0.25, 0.3) is 0 Å². The first-order chi connectivity index (χ1) is 7.08. The molecule has 78 valence electrons. The Morgan fingerprint density at radius 1 is 1.67 bits per heavy atom. The van der Waals surface area contributed by atoms with Crippen LogP contribution in [-0.4, -0.2) is 13.1 Å². The lowest BCUT2D eigenvalue weighted by Crippen LogP contribution is -2.06. The number of rotatable bonds is 2. The van der Waals surface area contributed by atoms with Crippen LogP contribution in [0.1, 0.15) is 11.1 Å². The Bertz CT molecular complexity index is 438. The molecule has 0 aliphatic carbocycles. The van der Waals surface area contributed by atoms with Gasteiger partial charge in [0, 0.05) is 5.69 Å². The summed E-state index contributed by atoms with van der Waals surface area (Å²) in [7, 11) is 1.29. The topological polar surface area (TPSA) is 76.1 Å². The van der Waals surface area contributed by atoms with Gasteiger partial charge in [-0.3, -0.25) is 4.79 Å². The van der Waals surface area contributed by atoms with Gasteiger partial charge in [-0.1, -0.05) is 11.6 Å². The molecular weight excluding hydrogens is 216 g/mol. The van der Waals surface area contributed by atoms with Gasteiger partial charge < -0.3 is 10.5 Å². The van der Waals surface area contributed by atoms with Crippen molar-refractivity contribution in [1.29, 1.82) is 5.26 Å². The number of nitrogens with zero attached hydrogens (tertiary/aromatic N) is 1. The van der Waals surface area contributed by atoms with Gasteiger partial charge >= 0.3 is 5.97 Å². The first kappa shape index (κ1) is 11.3. The van der Waals surface area contributed by atoms with Crippen LogP contribution in [0, 0.1) is 11.3 Å². The minimum atomic E-state index is -0.425. The first-order valence-corrected chi connectivity index (χ1v) is 4.51. The van der Waals surface area contributed by atoms with Crippen molar-refractivity contribution in [2.75, 3.05) is 12.8 Å². The molecule has 0 atom stereocenters. The van der Waals surface area contributed by atoms with Crippen LogP contribution in [0.3, 0.4) is 0 Å². The molecule has 0 aromatic heterocycles. The number of esters is 1. The van der Waals surface area contributed by atoms with Gasteiger partial charge in [-0.2, -0.15) is 5.26 Å². The molecule has 1 rings (SSSR count). The Hall–Kier alpha value is -1.73. The minimum Gasteiger partial charge on any atom is -0.469 e. The molecule has 0 fully saturated rings. The predicted octanol–water partition coefficient (Wildman–Crippen LogP) is 1.51. The number of halogens is 1. The summed E-state index contributed by atoms with van der Waals surface area (Å²) in [5.41, 5.74) is 6.72. The summed E-state index contributed by atoms with van der Waals surface area (Å²) in [4.78, 5) is 11.0. The average molecular weight is 225 g/mol. The van der Waals surface area contributed by atoms with Crippen molar-refractivity contribution >= 4 is 23.3 Å². The van der Waals surface area contributed by atoms with Crippen LogP contribution in [0.15, 0.2) is 12.1 Å². The van der Waals surface area contributed by atoms with Crippen LogP contribution >= 0.6 is 11.6 Å². The Morgan fingerprint density at radius 2 is 2.33 bits per heavy atom. The molecule has 0 amide bonds. The normalized spacial score (nSPS) is 9.40. The molecule has 15 heavy (non-hydrogen) atoms. The smallest absolute Gasteiger partial charge is 0.310 e. The Morgan fingerprint density at radius 3 is 2.87 bits per heavy atom. The summed E-state index contributed by atoms with van der Waals surface area (Å²) in [5.74, 6) is -0.425. The van der Waals surface area contributed by atoms with Crippen LogP contribution in [0.2, 0.25) is 5.02 Å². The van der Waals surface area contributed by atoms with Crippen molar-refractivity contribution in [2.24, 2.45) is 0 Å². The van der Waals surface area contributed by atoms with Crippen molar-refractivity contribution in [1.82, 2.24) is 0 Å². The SMILES string of the molecule is COC(=O)Cc1cc(N)cc(C#N)c1Cl. The van der Waals surface area contributed by atoms with Gasteiger partial charge in [0.2, 0.25) is 0 Å². The second kappa shape index (κ2) is 4.67. The molecular formula is C10H9ClN2O2. The number of benzene rings is 1. The number of ether oxygens (including phenoxy) is 1. The van der Waals surface area contributed by atoms with Crippen LogP contribution in [-0.2, 0) is 16.0 Å². The number of nitrogens with two attached hydrogens (primary N) is 1. The summed E-state index contributed by atoms with van der Waals surface area (Å²) in [6.45, 7) is 0. The van der Waals surface area contributed by atoms with Crippen molar-refractivity contribution < 1.29 is 9.53 Å². The first-order valence-electron chi connectivity index (χ1n) is 4.13. The summed E-state index contributed by atoms with van der Waals surface area (Å²) in [6.07, 6.45) is 0.00898. The molecule has 0 saturated heterocycles. The zero-order valence-corrected chi connectivity index (χ0v) is 8.84. The van der Waals surface area contributed by atoms with E-state index in [9.17, 15) is 4.79 Å². The minimum absolute atomic E-state index is 0.00898. The largest absolute Gasteiger partial charge is 0.469 e. The van der Waals surface area contributed by atoms with Crippen molar-refractivity contribution in [3.63, 3.8) is 0 Å². The molecule has 0 saturated carbocycles. The quantitative estimate of drug-likeness (QED) is 0.610. The molecule has 0 unspecified atom stereocenters. The van der Waals surface area contributed by atoms with E-state index in [0.29, 0.717) is 11.3 Å². The second-order valence-electron chi connectivity index (χ2n) is 2.91. The van der Waals surface area contributed by atoms with Gasteiger partial charge in [0.05, 0.1) is 24.1 Å². The number of nitriles is 1. The van der Waals surface area contributed by atoms with Gasteiger partial charge in [-0.25, -0.2) is 0 Å². The molecule has 0 bridgehead atoms. The van der Waals surface area contributed by atoms with Crippen LogP contribution in [0.25, 0.3) is 0 Å². The highest BCUT2D eigenvalue weighted by atomic mass is 35.5. The highest BCUT2D eigenvalue weighted by molar-refractivity contribution is 6.32. The molecule has 5 heteroatoms. The summed E-state index contributed by atoms with van der Waals surface area (Å²) >= 11 is 5.90. The van der Waals surface area contributed by atoms with E-state index in [1.54, 1.807) is 6.07 Å². The third-order valence-electron chi connectivity index (χ3n) is 1.85. The van der Waals surface area contributed by atoms with Crippen molar-refractivity contribution in [3.8, 4) is 6.07 Å². The van der Waals surface area contributed by atoms with E-state index in [2.05, 4.69) is 4.74 Å². The average Bonchev–Trinajstić information content (AvgIpc) is 2.22. The lowest BCUT2D eigenvalue weighted by atomic mass is 10.1. The highest BCUT2D eigenvalue weighted by Crippen LogP contribution is 2.24. The van der Waals surface area contributed by atoms with E-state index in [0.717, 1.165) is 0 Å². The Kier molecular flexibility index (Phi) is 3.53. The van der Waals surface area contributed by atoms with Crippen LogP contribution in [0.4, 0.5) is 5.69 Å². The third kappa shape index (κ3) is 2.61. The van der Waals surface area contributed by atoms with Crippen molar-refractivity contribution in [2.45, 2.75) is 6.42 Å². The van der Waals surface area contributed by atoms with Crippen molar-refractivity contribution in [3.05, 3.63) is 28.3 Å². The highest BCUT2D eigenvalue weighted by Gasteiger charge is 2.11. The maximum absolute atomic E-state index is 11.0. The van der Waals surface area contributed by atoms with Gasteiger partial charge in [0.1, 0.15) is 6.07 Å². The van der Waals surface area contributed by atoms with E-state index >= 15 is 0 Å². The van der Waals surface area contributed by atoms with E-state index in [4.69, 9.17) is 22.6 Å². The maximum atomic E-state index is 11.0.